The molecule has 2 aromatic carbocycles. The van der Waals surface area contributed by atoms with Crippen LogP contribution in [0.5, 0.6) is 28.7 Å². The molecule has 0 atom stereocenters. The first-order valence-corrected chi connectivity index (χ1v) is 15.8. The van der Waals surface area contributed by atoms with Gasteiger partial charge in [0.1, 0.15) is 17.2 Å². The standard InChI is InChI=1S/C35H52O6/c1-6-11-20-37-29-17-19-33(39-22-13-8-3)28(25-29)16-18-32(36)31-26-30(38-21-12-7-2)27-34(40-23-14-9-4)35(31)41-24-15-10-5/h16-19,25-27H,6-15,20-24H2,1-5H3. The van der Waals surface area contributed by atoms with Gasteiger partial charge in [-0.2, -0.15) is 0 Å². The van der Waals surface area contributed by atoms with Gasteiger partial charge in [0.25, 0.3) is 0 Å². The smallest absolute Gasteiger partial charge is 0.189 e. The molecule has 0 aromatic heterocycles. The minimum absolute atomic E-state index is 0.186. The lowest BCUT2D eigenvalue weighted by Crippen LogP contribution is -2.09. The summed E-state index contributed by atoms with van der Waals surface area (Å²) in [5.41, 5.74) is 1.23. The summed E-state index contributed by atoms with van der Waals surface area (Å²) in [6, 6.07) is 9.40. The minimum Gasteiger partial charge on any atom is -0.494 e. The van der Waals surface area contributed by atoms with Crippen LogP contribution in [-0.4, -0.2) is 38.8 Å². The van der Waals surface area contributed by atoms with Gasteiger partial charge in [0, 0.05) is 11.6 Å². The van der Waals surface area contributed by atoms with Crippen molar-refractivity contribution in [3.05, 3.63) is 47.5 Å². The van der Waals surface area contributed by atoms with Crippen LogP contribution in [0.15, 0.2) is 36.4 Å². The van der Waals surface area contributed by atoms with Crippen LogP contribution in [0.25, 0.3) is 6.08 Å². The number of carbonyl (C=O) groups is 1. The Kier molecular flexibility index (Phi) is 17.2. The third kappa shape index (κ3) is 12.5. The summed E-state index contributed by atoms with van der Waals surface area (Å²) in [6.45, 7) is 13.5. The topological polar surface area (TPSA) is 63.2 Å². The maximum Gasteiger partial charge on any atom is 0.189 e. The van der Waals surface area contributed by atoms with Crippen LogP contribution < -0.4 is 23.7 Å². The monoisotopic (exact) mass is 568 g/mol. The molecule has 0 saturated carbocycles. The molecule has 0 bridgehead atoms. The molecular weight excluding hydrogens is 516 g/mol. The number of hydrogen-bond donors (Lipinski definition) is 0. The molecule has 0 fully saturated rings. The molecule has 0 spiro atoms. The summed E-state index contributed by atoms with van der Waals surface area (Å²) < 4.78 is 30.3. The molecule has 0 aliphatic rings. The van der Waals surface area contributed by atoms with E-state index in [1.807, 2.05) is 24.3 Å². The molecule has 0 unspecified atom stereocenters. The first kappa shape index (κ1) is 34.1. The molecule has 0 N–H and O–H groups in total. The summed E-state index contributed by atoms with van der Waals surface area (Å²) >= 11 is 0. The van der Waals surface area contributed by atoms with Crippen molar-refractivity contribution in [2.45, 2.75) is 98.8 Å². The van der Waals surface area contributed by atoms with E-state index in [9.17, 15) is 4.79 Å². The van der Waals surface area contributed by atoms with Gasteiger partial charge in [-0.3, -0.25) is 4.79 Å². The van der Waals surface area contributed by atoms with Gasteiger partial charge >= 0.3 is 0 Å². The number of allylic oxidation sites excluding steroid dienone is 1. The highest BCUT2D eigenvalue weighted by molar-refractivity contribution is 6.09. The maximum atomic E-state index is 13.8. The zero-order chi connectivity index (χ0) is 29.7. The number of ether oxygens (including phenoxy) is 5. The van der Waals surface area contributed by atoms with Crippen LogP contribution in [0.3, 0.4) is 0 Å². The Morgan fingerprint density at radius 1 is 0.585 bits per heavy atom. The molecule has 2 aromatic rings. The van der Waals surface area contributed by atoms with Crippen molar-refractivity contribution >= 4 is 11.9 Å². The SMILES string of the molecule is CCCCOc1ccc(OCCCC)c(C=CC(=O)c2cc(OCCCC)cc(OCCCC)c2OCCCC)c1. The Bertz CT molecular complexity index is 1050. The molecule has 0 aliphatic heterocycles. The Labute approximate surface area is 248 Å². The summed E-state index contributed by atoms with van der Waals surface area (Å²) in [5, 5.41) is 0. The molecule has 228 valence electrons. The highest BCUT2D eigenvalue weighted by atomic mass is 16.5. The third-order valence-corrected chi connectivity index (χ3v) is 6.48. The summed E-state index contributed by atoms with van der Waals surface area (Å²) in [4.78, 5) is 13.8. The Morgan fingerprint density at radius 3 is 1.68 bits per heavy atom. The molecule has 6 heteroatoms. The van der Waals surface area contributed by atoms with Gasteiger partial charge in [-0.05, 0) is 68.5 Å². The molecule has 2 rings (SSSR count). The van der Waals surface area contributed by atoms with Gasteiger partial charge in [0.2, 0.25) is 0 Å². The van der Waals surface area contributed by atoms with Crippen LogP contribution in [0, 0.1) is 0 Å². The lowest BCUT2D eigenvalue weighted by atomic mass is 10.1. The first-order chi connectivity index (χ1) is 20.1. The van der Waals surface area contributed by atoms with E-state index in [0.29, 0.717) is 55.8 Å². The van der Waals surface area contributed by atoms with E-state index >= 15 is 0 Å². The Balaban J connectivity index is 2.45. The van der Waals surface area contributed by atoms with Crippen LogP contribution in [0.4, 0.5) is 0 Å². The fraction of sp³-hybridized carbons (Fsp3) is 0.571. The van der Waals surface area contributed by atoms with Crippen molar-refractivity contribution in [3.63, 3.8) is 0 Å². The molecule has 6 nitrogen and oxygen atoms in total. The van der Waals surface area contributed by atoms with Crippen LogP contribution in [-0.2, 0) is 0 Å². The normalized spacial score (nSPS) is 11.0. The van der Waals surface area contributed by atoms with Gasteiger partial charge in [-0.25, -0.2) is 0 Å². The minimum atomic E-state index is -0.186. The lowest BCUT2D eigenvalue weighted by Gasteiger charge is -2.18. The number of benzene rings is 2. The zero-order valence-electron chi connectivity index (χ0n) is 26.1. The maximum absolute atomic E-state index is 13.8. The van der Waals surface area contributed by atoms with E-state index in [1.54, 1.807) is 18.2 Å². The van der Waals surface area contributed by atoms with Gasteiger partial charge in [-0.1, -0.05) is 66.7 Å². The Hall–Kier alpha value is -3.15. The molecule has 0 amide bonds. The van der Waals surface area contributed by atoms with E-state index in [0.717, 1.165) is 81.3 Å². The second-order valence-corrected chi connectivity index (χ2v) is 10.2. The zero-order valence-corrected chi connectivity index (χ0v) is 26.1. The van der Waals surface area contributed by atoms with E-state index in [4.69, 9.17) is 23.7 Å². The fourth-order valence-electron chi connectivity index (χ4n) is 3.87. The number of carbonyl (C=O) groups excluding carboxylic acids is 1. The van der Waals surface area contributed by atoms with Crippen LogP contribution in [0.2, 0.25) is 0 Å². The summed E-state index contributed by atoms with van der Waals surface area (Å²) in [6.07, 6.45) is 13.2. The number of ketones is 1. The molecule has 41 heavy (non-hydrogen) atoms. The number of rotatable bonds is 23. The van der Waals surface area contributed by atoms with Crippen molar-refractivity contribution in [1.29, 1.82) is 0 Å². The predicted molar refractivity (Wildman–Crippen MR) is 168 cm³/mol. The lowest BCUT2D eigenvalue weighted by molar-refractivity contribution is 0.104. The molecule has 0 saturated heterocycles. The van der Waals surface area contributed by atoms with Crippen molar-refractivity contribution < 1.29 is 28.5 Å². The second kappa shape index (κ2) is 20.7. The average Bonchev–Trinajstić information content (AvgIpc) is 2.98. The molecule has 0 radical (unpaired) electrons. The van der Waals surface area contributed by atoms with Crippen molar-refractivity contribution in [1.82, 2.24) is 0 Å². The van der Waals surface area contributed by atoms with Gasteiger partial charge in [0.05, 0.1) is 38.6 Å². The van der Waals surface area contributed by atoms with E-state index in [1.165, 1.54) is 0 Å². The molecular formula is C35H52O6. The summed E-state index contributed by atoms with van der Waals surface area (Å²) in [5.74, 6) is 2.94. The van der Waals surface area contributed by atoms with Gasteiger partial charge in [0.15, 0.2) is 17.3 Å². The highest BCUT2D eigenvalue weighted by Crippen LogP contribution is 2.37. The van der Waals surface area contributed by atoms with Gasteiger partial charge < -0.3 is 23.7 Å². The third-order valence-electron chi connectivity index (χ3n) is 6.48. The predicted octanol–water partition coefficient (Wildman–Crippen LogP) is 9.48. The van der Waals surface area contributed by atoms with Crippen molar-refractivity contribution in [3.8, 4) is 28.7 Å². The second-order valence-electron chi connectivity index (χ2n) is 10.2. The van der Waals surface area contributed by atoms with Crippen LogP contribution >= 0.6 is 0 Å². The number of hydrogen-bond acceptors (Lipinski definition) is 6. The number of unbranched alkanes of at least 4 members (excludes halogenated alkanes) is 5. The van der Waals surface area contributed by atoms with Gasteiger partial charge in [-0.15, -0.1) is 0 Å². The molecule has 0 heterocycles. The first-order valence-electron chi connectivity index (χ1n) is 15.8. The van der Waals surface area contributed by atoms with Crippen LogP contribution in [0.1, 0.15) is 115 Å². The Morgan fingerprint density at radius 2 is 1.10 bits per heavy atom. The summed E-state index contributed by atoms with van der Waals surface area (Å²) in [7, 11) is 0. The van der Waals surface area contributed by atoms with Crippen molar-refractivity contribution in [2.75, 3.05) is 33.0 Å². The largest absolute Gasteiger partial charge is 0.494 e. The quantitative estimate of drug-likeness (QED) is 0.0756. The molecule has 0 aliphatic carbocycles. The average molecular weight is 569 g/mol. The van der Waals surface area contributed by atoms with E-state index < -0.39 is 0 Å². The van der Waals surface area contributed by atoms with Crippen molar-refractivity contribution in [2.24, 2.45) is 0 Å². The fourth-order valence-corrected chi connectivity index (χ4v) is 3.87. The van der Waals surface area contributed by atoms with E-state index in [2.05, 4.69) is 34.6 Å². The van der Waals surface area contributed by atoms with E-state index in [-0.39, 0.29) is 5.78 Å². The highest BCUT2D eigenvalue weighted by Gasteiger charge is 2.20.